The van der Waals surface area contributed by atoms with Crippen LogP contribution in [0.2, 0.25) is 0 Å². The van der Waals surface area contributed by atoms with Crippen molar-refractivity contribution in [3.8, 4) is 0 Å². The molecular formula is C22H23F3N2O2S. The maximum Gasteiger partial charge on any atom is 0.471 e. The van der Waals surface area contributed by atoms with E-state index in [9.17, 15) is 18.0 Å². The lowest BCUT2D eigenvalue weighted by molar-refractivity contribution is -0.192. The highest BCUT2D eigenvalue weighted by atomic mass is 32.2. The van der Waals surface area contributed by atoms with Gasteiger partial charge in [-0.3, -0.25) is 9.69 Å². The Balaban J connectivity index is 1.39. The Morgan fingerprint density at radius 3 is 2.13 bits per heavy atom. The summed E-state index contributed by atoms with van der Waals surface area (Å²) in [6, 6.07) is 18.6. The van der Waals surface area contributed by atoms with Crippen molar-refractivity contribution in [1.29, 1.82) is 0 Å². The van der Waals surface area contributed by atoms with Gasteiger partial charge >= 0.3 is 12.1 Å². The van der Waals surface area contributed by atoms with Crippen LogP contribution in [0.5, 0.6) is 0 Å². The summed E-state index contributed by atoms with van der Waals surface area (Å²) >= 11 is 1.76. The van der Waals surface area contributed by atoms with Gasteiger partial charge in [0.1, 0.15) is 0 Å². The average Bonchev–Trinajstić information content (AvgIpc) is 2.72. The molecule has 4 rings (SSSR count). The Hall–Kier alpha value is -2.03. The molecule has 2 heterocycles. The fraction of sp³-hybridized carbons (Fsp3) is 0.409. The quantitative estimate of drug-likeness (QED) is 0.666. The third-order valence-electron chi connectivity index (χ3n) is 5.74. The molecule has 0 N–H and O–H groups in total. The normalized spacial score (nSPS) is 19.4. The fourth-order valence-electron chi connectivity index (χ4n) is 3.95. The van der Waals surface area contributed by atoms with Gasteiger partial charge in [0.15, 0.2) is 0 Å². The van der Waals surface area contributed by atoms with E-state index < -0.39 is 12.1 Å². The Kier molecular flexibility index (Phi) is 6.09. The van der Waals surface area contributed by atoms with Crippen LogP contribution in [0.15, 0.2) is 59.5 Å². The van der Waals surface area contributed by atoms with Crippen molar-refractivity contribution in [2.24, 2.45) is 0 Å². The van der Waals surface area contributed by atoms with E-state index in [-0.39, 0.29) is 18.6 Å². The number of rotatable bonds is 5. The number of alkyl halides is 3. The molecule has 0 aliphatic carbocycles. The molecule has 2 aliphatic heterocycles. The molecule has 160 valence electrons. The molecule has 0 unspecified atom stereocenters. The second-order valence-electron chi connectivity index (χ2n) is 7.60. The van der Waals surface area contributed by atoms with Gasteiger partial charge in [-0.05, 0) is 23.3 Å². The highest BCUT2D eigenvalue weighted by Gasteiger charge is 2.49. The Bertz CT molecular complexity index is 862. The van der Waals surface area contributed by atoms with Crippen LogP contribution in [0.4, 0.5) is 13.2 Å². The van der Waals surface area contributed by atoms with Crippen LogP contribution < -0.4 is 0 Å². The third kappa shape index (κ3) is 4.36. The lowest BCUT2D eigenvalue weighted by Crippen LogP contribution is -2.65. The summed E-state index contributed by atoms with van der Waals surface area (Å²) in [5, 5.41) is 0. The van der Waals surface area contributed by atoms with Crippen molar-refractivity contribution < 1.29 is 22.7 Å². The zero-order valence-corrected chi connectivity index (χ0v) is 17.2. The number of amides is 1. The number of ether oxygens (including phenoxy) is 1. The predicted molar refractivity (Wildman–Crippen MR) is 109 cm³/mol. The standard InChI is InChI=1S/C22H23F3N2O2S/c23-22(24,25)20(28)26-10-12-27(13-11-26)21(15-29-16-21)18-6-8-19(9-7-18)30-14-17-4-2-1-3-5-17/h1-9H,10-16H2. The Labute approximate surface area is 178 Å². The van der Waals surface area contributed by atoms with Crippen molar-refractivity contribution in [2.45, 2.75) is 22.4 Å². The van der Waals surface area contributed by atoms with Crippen LogP contribution >= 0.6 is 11.8 Å². The monoisotopic (exact) mass is 436 g/mol. The van der Waals surface area contributed by atoms with E-state index in [1.165, 1.54) is 10.5 Å². The highest BCUT2D eigenvalue weighted by Crippen LogP contribution is 2.38. The maximum atomic E-state index is 12.7. The van der Waals surface area contributed by atoms with E-state index in [1.54, 1.807) is 11.8 Å². The first-order chi connectivity index (χ1) is 14.4. The lowest BCUT2D eigenvalue weighted by atomic mass is 9.85. The SMILES string of the molecule is O=C(N1CCN(C2(c3ccc(SCc4ccccc4)cc3)COC2)CC1)C(F)(F)F. The van der Waals surface area contributed by atoms with Crippen molar-refractivity contribution in [1.82, 2.24) is 9.80 Å². The molecular weight excluding hydrogens is 413 g/mol. The number of halogens is 3. The Morgan fingerprint density at radius 1 is 0.967 bits per heavy atom. The second-order valence-corrected chi connectivity index (χ2v) is 8.65. The lowest BCUT2D eigenvalue weighted by Gasteiger charge is -2.52. The summed E-state index contributed by atoms with van der Waals surface area (Å²) in [6.45, 7) is 1.97. The van der Waals surface area contributed by atoms with E-state index in [4.69, 9.17) is 4.74 Å². The van der Waals surface area contributed by atoms with Gasteiger partial charge in [-0.1, -0.05) is 42.5 Å². The van der Waals surface area contributed by atoms with Crippen molar-refractivity contribution in [3.63, 3.8) is 0 Å². The van der Waals surface area contributed by atoms with Crippen LogP contribution in [0.3, 0.4) is 0 Å². The van der Waals surface area contributed by atoms with Crippen LogP contribution in [0.25, 0.3) is 0 Å². The number of nitrogens with zero attached hydrogens (tertiary/aromatic N) is 2. The average molecular weight is 436 g/mol. The van der Waals surface area contributed by atoms with Crippen LogP contribution in [-0.2, 0) is 20.8 Å². The number of thioether (sulfide) groups is 1. The molecule has 2 aromatic rings. The zero-order valence-electron chi connectivity index (χ0n) is 16.4. The van der Waals surface area contributed by atoms with Gasteiger partial charge in [-0.2, -0.15) is 13.2 Å². The van der Waals surface area contributed by atoms with Gasteiger partial charge in [0, 0.05) is 36.8 Å². The molecule has 0 aromatic heterocycles. The largest absolute Gasteiger partial charge is 0.471 e. The molecule has 0 atom stereocenters. The molecule has 8 heteroatoms. The topological polar surface area (TPSA) is 32.8 Å². The van der Waals surface area contributed by atoms with Gasteiger partial charge in [-0.25, -0.2) is 0 Å². The molecule has 0 spiro atoms. The summed E-state index contributed by atoms with van der Waals surface area (Å²) in [4.78, 5) is 15.7. The summed E-state index contributed by atoms with van der Waals surface area (Å²) < 4.78 is 43.6. The molecule has 0 saturated carbocycles. The molecule has 0 bridgehead atoms. The number of carbonyl (C=O) groups excluding carboxylic acids is 1. The van der Waals surface area contributed by atoms with Gasteiger partial charge in [0.25, 0.3) is 0 Å². The molecule has 1 amide bonds. The minimum absolute atomic E-state index is 0.0745. The number of benzene rings is 2. The fourth-order valence-corrected chi connectivity index (χ4v) is 4.80. The first-order valence-corrected chi connectivity index (χ1v) is 10.8. The maximum absolute atomic E-state index is 12.7. The van der Waals surface area contributed by atoms with E-state index in [0.29, 0.717) is 26.3 Å². The van der Waals surface area contributed by atoms with Crippen LogP contribution in [0.1, 0.15) is 11.1 Å². The number of hydrogen-bond donors (Lipinski definition) is 0. The van der Waals surface area contributed by atoms with E-state index in [2.05, 4.69) is 41.3 Å². The van der Waals surface area contributed by atoms with Gasteiger partial charge in [0.05, 0.1) is 18.8 Å². The van der Waals surface area contributed by atoms with Crippen molar-refractivity contribution in [3.05, 3.63) is 65.7 Å². The molecule has 30 heavy (non-hydrogen) atoms. The smallest absolute Gasteiger partial charge is 0.377 e. The van der Waals surface area contributed by atoms with Gasteiger partial charge in [-0.15, -0.1) is 11.8 Å². The summed E-state index contributed by atoms with van der Waals surface area (Å²) in [7, 11) is 0. The molecule has 2 fully saturated rings. The summed E-state index contributed by atoms with van der Waals surface area (Å²) in [6.07, 6.45) is -4.81. The second kappa shape index (κ2) is 8.61. The summed E-state index contributed by atoms with van der Waals surface area (Å²) in [5.74, 6) is -0.857. The van der Waals surface area contributed by atoms with Crippen LogP contribution in [-0.4, -0.2) is 61.3 Å². The third-order valence-corrected chi connectivity index (χ3v) is 6.82. The van der Waals surface area contributed by atoms with Crippen molar-refractivity contribution >= 4 is 17.7 Å². The van der Waals surface area contributed by atoms with Crippen LogP contribution in [0, 0.1) is 0 Å². The molecule has 2 aliphatic rings. The highest BCUT2D eigenvalue weighted by molar-refractivity contribution is 7.98. The number of carbonyl (C=O) groups is 1. The molecule has 2 saturated heterocycles. The van der Waals surface area contributed by atoms with E-state index in [0.717, 1.165) is 16.2 Å². The van der Waals surface area contributed by atoms with E-state index >= 15 is 0 Å². The van der Waals surface area contributed by atoms with E-state index in [1.807, 2.05) is 18.2 Å². The van der Waals surface area contributed by atoms with Crippen molar-refractivity contribution in [2.75, 3.05) is 39.4 Å². The minimum atomic E-state index is -4.81. The number of piperazine rings is 1. The summed E-state index contributed by atoms with van der Waals surface area (Å²) in [5.41, 5.74) is 2.05. The Morgan fingerprint density at radius 2 is 1.60 bits per heavy atom. The van der Waals surface area contributed by atoms with Gasteiger partial charge < -0.3 is 9.64 Å². The first-order valence-electron chi connectivity index (χ1n) is 9.85. The molecule has 0 radical (unpaired) electrons. The first kappa shape index (κ1) is 21.2. The minimum Gasteiger partial charge on any atom is -0.377 e. The number of hydrogen-bond acceptors (Lipinski definition) is 4. The molecule has 4 nitrogen and oxygen atoms in total. The zero-order chi connectivity index (χ0) is 21.2. The van der Waals surface area contributed by atoms with Gasteiger partial charge in [0.2, 0.25) is 0 Å². The predicted octanol–water partition coefficient (Wildman–Crippen LogP) is 3.91. The molecule has 2 aromatic carbocycles.